The molecule has 2 aromatic heterocycles. The normalized spacial score (nSPS) is 11.8. The molecule has 33 heavy (non-hydrogen) atoms. The summed E-state index contributed by atoms with van der Waals surface area (Å²) in [5.41, 5.74) is 4.45. The van der Waals surface area contributed by atoms with Crippen LogP contribution in [0.1, 0.15) is 27.5 Å². The summed E-state index contributed by atoms with van der Waals surface area (Å²) in [6.07, 6.45) is 3.44. The zero-order chi connectivity index (χ0) is 22.6. The molecule has 2 heterocycles. The van der Waals surface area contributed by atoms with Crippen LogP contribution in [0.15, 0.2) is 102 Å². The van der Waals surface area contributed by atoms with Crippen molar-refractivity contribution >= 4 is 17.0 Å². The predicted molar refractivity (Wildman–Crippen MR) is 126 cm³/mol. The van der Waals surface area contributed by atoms with Crippen molar-refractivity contribution in [2.24, 2.45) is 0 Å². The van der Waals surface area contributed by atoms with Crippen LogP contribution in [-0.2, 0) is 0 Å². The summed E-state index contributed by atoms with van der Waals surface area (Å²) in [6, 6.07) is 26.1. The molecule has 1 unspecified atom stereocenters. The van der Waals surface area contributed by atoms with Gasteiger partial charge in [0.05, 0.1) is 13.2 Å². The number of methoxy groups -OCH3 is 1. The van der Waals surface area contributed by atoms with Gasteiger partial charge in [0.1, 0.15) is 11.3 Å². The first-order chi connectivity index (χ1) is 16.2. The van der Waals surface area contributed by atoms with Crippen molar-refractivity contribution in [2.45, 2.75) is 6.04 Å². The summed E-state index contributed by atoms with van der Waals surface area (Å²) >= 11 is 0. The highest BCUT2D eigenvalue weighted by molar-refractivity contribution is 5.97. The minimum atomic E-state index is -0.306. The van der Waals surface area contributed by atoms with E-state index in [-0.39, 0.29) is 11.9 Å². The van der Waals surface area contributed by atoms with Crippen LogP contribution in [0.4, 0.5) is 0 Å². The van der Waals surface area contributed by atoms with E-state index in [0.29, 0.717) is 22.6 Å². The summed E-state index contributed by atoms with van der Waals surface area (Å²) < 4.78 is 11.2. The maximum Gasteiger partial charge on any atom is 0.252 e. The lowest BCUT2D eigenvalue weighted by Crippen LogP contribution is -2.29. The quantitative estimate of drug-likeness (QED) is 0.385. The van der Waals surface area contributed by atoms with Crippen molar-refractivity contribution in [3.63, 3.8) is 0 Å². The van der Waals surface area contributed by atoms with Crippen LogP contribution in [0.2, 0.25) is 0 Å². The maximum atomic E-state index is 13.2. The molecule has 6 heteroatoms. The molecule has 0 radical (unpaired) electrons. The summed E-state index contributed by atoms with van der Waals surface area (Å²) in [5, 5.41) is 3.14. The van der Waals surface area contributed by atoms with Crippen LogP contribution in [0.5, 0.6) is 5.75 Å². The highest BCUT2D eigenvalue weighted by Gasteiger charge is 2.19. The number of hydrogen-bond acceptors (Lipinski definition) is 5. The number of oxazole rings is 1. The average molecular weight is 435 g/mol. The number of fused-ring (bicyclic) bond motifs is 1. The lowest BCUT2D eigenvalue weighted by atomic mass is 9.99. The van der Waals surface area contributed by atoms with Gasteiger partial charge in [0, 0.05) is 23.5 Å². The van der Waals surface area contributed by atoms with E-state index in [2.05, 4.69) is 15.3 Å². The molecule has 0 bridgehead atoms. The Balaban J connectivity index is 1.45. The fourth-order valence-corrected chi connectivity index (χ4v) is 3.72. The molecule has 3 aromatic carbocycles. The Hall–Kier alpha value is -4.45. The highest BCUT2D eigenvalue weighted by atomic mass is 16.5. The zero-order valence-electron chi connectivity index (χ0n) is 17.9. The Labute approximate surface area is 190 Å². The summed E-state index contributed by atoms with van der Waals surface area (Å²) in [5.74, 6) is 0.986. The number of hydrogen-bond donors (Lipinski definition) is 1. The number of carbonyl (C=O) groups is 1. The van der Waals surface area contributed by atoms with E-state index in [1.54, 1.807) is 37.7 Å². The number of amides is 1. The minimum Gasteiger partial charge on any atom is -0.497 e. The van der Waals surface area contributed by atoms with Crippen LogP contribution in [0, 0.1) is 0 Å². The van der Waals surface area contributed by atoms with Gasteiger partial charge in [-0.25, -0.2) is 4.98 Å². The van der Waals surface area contributed by atoms with Crippen LogP contribution >= 0.6 is 0 Å². The van der Waals surface area contributed by atoms with Gasteiger partial charge in [0.25, 0.3) is 5.91 Å². The molecule has 0 aliphatic rings. The van der Waals surface area contributed by atoms with E-state index >= 15 is 0 Å². The molecule has 0 fully saturated rings. The molecule has 1 atom stereocenters. The van der Waals surface area contributed by atoms with Crippen LogP contribution in [0.25, 0.3) is 22.6 Å². The van der Waals surface area contributed by atoms with Gasteiger partial charge in [-0.1, -0.05) is 36.4 Å². The fourth-order valence-electron chi connectivity index (χ4n) is 3.72. The third kappa shape index (κ3) is 4.32. The molecule has 0 saturated heterocycles. The Morgan fingerprint density at radius 2 is 1.70 bits per heavy atom. The van der Waals surface area contributed by atoms with E-state index in [4.69, 9.17) is 9.15 Å². The SMILES string of the molecule is COc1cccc(-c2nc3ccc(C(=O)NC(c4ccccc4)c4ccncc4)cc3o2)c1. The van der Waals surface area contributed by atoms with E-state index in [1.807, 2.05) is 66.7 Å². The number of nitrogens with zero attached hydrogens (tertiary/aromatic N) is 2. The number of benzene rings is 3. The van der Waals surface area contributed by atoms with E-state index in [0.717, 1.165) is 22.4 Å². The Bertz CT molecular complexity index is 1360. The minimum absolute atomic E-state index is 0.207. The molecule has 6 nitrogen and oxygen atoms in total. The standard InChI is InChI=1S/C27H21N3O3/c1-32-22-9-5-8-21(16-22)27-29-23-11-10-20(17-24(23)33-27)26(31)30-25(18-6-3-2-4-7-18)19-12-14-28-15-13-19/h2-17,25H,1H3,(H,30,31). The fraction of sp³-hybridized carbons (Fsp3) is 0.0741. The lowest BCUT2D eigenvalue weighted by Gasteiger charge is -2.19. The third-order valence-electron chi connectivity index (χ3n) is 5.42. The van der Waals surface area contributed by atoms with E-state index in [1.165, 1.54) is 0 Å². The number of pyridine rings is 1. The van der Waals surface area contributed by atoms with Gasteiger partial charge >= 0.3 is 0 Å². The number of nitrogens with one attached hydrogen (secondary N) is 1. The van der Waals surface area contributed by atoms with Gasteiger partial charge in [-0.15, -0.1) is 0 Å². The first kappa shape index (κ1) is 20.5. The van der Waals surface area contributed by atoms with E-state index < -0.39 is 0 Å². The largest absolute Gasteiger partial charge is 0.497 e. The van der Waals surface area contributed by atoms with Crippen molar-refractivity contribution in [2.75, 3.05) is 7.11 Å². The van der Waals surface area contributed by atoms with E-state index in [9.17, 15) is 4.79 Å². The first-order valence-corrected chi connectivity index (χ1v) is 10.5. The lowest BCUT2D eigenvalue weighted by molar-refractivity contribution is 0.0943. The number of aromatic nitrogens is 2. The second-order valence-electron chi connectivity index (χ2n) is 7.53. The first-order valence-electron chi connectivity index (χ1n) is 10.5. The van der Waals surface area contributed by atoms with Crippen molar-refractivity contribution in [3.05, 3.63) is 114 Å². The number of carbonyl (C=O) groups excluding carboxylic acids is 1. The molecule has 1 amide bonds. The van der Waals surface area contributed by atoms with Crippen molar-refractivity contribution in [3.8, 4) is 17.2 Å². The molecule has 0 saturated carbocycles. The average Bonchev–Trinajstić information content (AvgIpc) is 3.32. The second kappa shape index (κ2) is 8.96. The van der Waals surface area contributed by atoms with Crippen LogP contribution in [0.3, 0.4) is 0 Å². The molecule has 0 spiro atoms. The van der Waals surface area contributed by atoms with Gasteiger partial charge in [-0.2, -0.15) is 0 Å². The van der Waals surface area contributed by atoms with Gasteiger partial charge in [0.15, 0.2) is 5.58 Å². The topological polar surface area (TPSA) is 77.2 Å². The van der Waals surface area contributed by atoms with Gasteiger partial charge in [-0.05, 0) is 59.7 Å². The summed E-state index contributed by atoms with van der Waals surface area (Å²) in [6.45, 7) is 0. The monoisotopic (exact) mass is 435 g/mol. The molecule has 0 aliphatic heterocycles. The summed E-state index contributed by atoms with van der Waals surface area (Å²) in [7, 11) is 1.62. The second-order valence-corrected chi connectivity index (χ2v) is 7.53. The highest BCUT2D eigenvalue weighted by Crippen LogP contribution is 2.28. The number of ether oxygens (including phenoxy) is 1. The zero-order valence-corrected chi connectivity index (χ0v) is 17.9. The van der Waals surface area contributed by atoms with Gasteiger partial charge < -0.3 is 14.5 Å². The predicted octanol–water partition coefficient (Wildman–Crippen LogP) is 5.42. The Morgan fingerprint density at radius 3 is 2.48 bits per heavy atom. The Morgan fingerprint density at radius 1 is 0.909 bits per heavy atom. The maximum absolute atomic E-state index is 13.2. The smallest absolute Gasteiger partial charge is 0.252 e. The molecular formula is C27H21N3O3. The molecule has 5 aromatic rings. The molecule has 0 aliphatic carbocycles. The number of rotatable bonds is 6. The Kier molecular flexibility index (Phi) is 5.55. The van der Waals surface area contributed by atoms with Crippen LogP contribution < -0.4 is 10.1 Å². The molecule has 5 rings (SSSR count). The molecular weight excluding hydrogens is 414 g/mol. The third-order valence-corrected chi connectivity index (χ3v) is 5.42. The van der Waals surface area contributed by atoms with Crippen molar-refractivity contribution in [1.82, 2.24) is 15.3 Å². The summed E-state index contributed by atoms with van der Waals surface area (Å²) in [4.78, 5) is 21.8. The van der Waals surface area contributed by atoms with Crippen LogP contribution in [-0.4, -0.2) is 23.0 Å². The van der Waals surface area contributed by atoms with Crippen molar-refractivity contribution < 1.29 is 13.9 Å². The van der Waals surface area contributed by atoms with Crippen molar-refractivity contribution in [1.29, 1.82) is 0 Å². The van der Waals surface area contributed by atoms with Gasteiger partial charge in [-0.3, -0.25) is 9.78 Å². The molecule has 1 N–H and O–H groups in total. The molecule has 162 valence electrons. The van der Waals surface area contributed by atoms with Gasteiger partial charge in [0.2, 0.25) is 5.89 Å².